The number of rotatable bonds is 3. The molecule has 0 amide bonds. The highest BCUT2D eigenvalue weighted by Crippen LogP contribution is 2.41. The summed E-state index contributed by atoms with van der Waals surface area (Å²) in [5.41, 5.74) is 3.52. The zero-order chi connectivity index (χ0) is 17.1. The minimum absolute atomic E-state index is 0.150. The van der Waals surface area contributed by atoms with Crippen LogP contribution < -0.4 is 0 Å². The van der Waals surface area contributed by atoms with Gasteiger partial charge in [-0.3, -0.25) is 0 Å². The van der Waals surface area contributed by atoms with Gasteiger partial charge in [0.25, 0.3) is 0 Å². The molecular formula is C23H17O2+. The first kappa shape index (κ1) is 15.2. The lowest BCUT2D eigenvalue weighted by Gasteiger charge is -2.05. The third-order valence-electron chi connectivity index (χ3n) is 4.14. The molecule has 4 rings (SSSR count). The van der Waals surface area contributed by atoms with Gasteiger partial charge in [0.1, 0.15) is 0 Å². The van der Waals surface area contributed by atoms with E-state index >= 15 is 0 Å². The Morgan fingerprint density at radius 3 is 1.60 bits per heavy atom. The van der Waals surface area contributed by atoms with Gasteiger partial charge in [0.05, 0.1) is 17.2 Å². The van der Waals surface area contributed by atoms with Crippen LogP contribution in [0.25, 0.3) is 33.8 Å². The molecular weight excluding hydrogens is 308 g/mol. The Kier molecular flexibility index (Phi) is 4.01. The van der Waals surface area contributed by atoms with E-state index < -0.39 is 0 Å². The maximum absolute atomic E-state index is 10.9. The van der Waals surface area contributed by atoms with Crippen LogP contribution in [0.15, 0.2) is 101 Å². The molecule has 120 valence electrons. The van der Waals surface area contributed by atoms with Gasteiger partial charge < -0.3 is 5.11 Å². The van der Waals surface area contributed by atoms with Crippen molar-refractivity contribution in [2.75, 3.05) is 0 Å². The van der Waals surface area contributed by atoms with Crippen LogP contribution in [0.3, 0.4) is 0 Å². The van der Waals surface area contributed by atoms with Crippen molar-refractivity contribution in [3.05, 3.63) is 97.1 Å². The van der Waals surface area contributed by atoms with E-state index in [9.17, 15) is 5.11 Å². The van der Waals surface area contributed by atoms with Gasteiger partial charge in [-0.2, -0.15) is 0 Å². The predicted molar refractivity (Wildman–Crippen MR) is 101 cm³/mol. The monoisotopic (exact) mass is 325 g/mol. The Morgan fingerprint density at radius 1 is 0.560 bits per heavy atom. The number of hydrogen-bond donors (Lipinski definition) is 1. The van der Waals surface area contributed by atoms with E-state index in [1.807, 2.05) is 97.1 Å². The molecule has 0 aliphatic rings. The molecule has 1 N–H and O–H groups in total. The Hall–Kier alpha value is -3.39. The fourth-order valence-corrected chi connectivity index (χ4v) is 2.88. The molecule has 2 nitrogen and oxygen atoms in total. The van der Waals surface area contributed by atoms with Gasteiger partial charge in [0, 0.05) is 5.56 Å². The second-order valence-electron chi connectivity index (χ2n) is 5.80. The molecule has 0 radical (unpaired) electrons. The van der Waals surface area contributed by atoms with Gasteiger partial charge in [-0.25, -0.2) is 4.42 Å². The van der Waals surface area contributed by atoms with E-state index in [0.717, 1.165) is 28.0 Å². The summed E-state index contributed by atoms with van der Waals surface area (Å²) >= 11 is 0. The van der Waals surface area contributed by atoms with Crippen LogP contribution in [-0.4, -0.2) is 5.11 Å². The van der Waals surface area contributed by atoms with Gasteiger partial charge in [-0.15, -0.1) is 0 Å². The zero-order valence-electron chi connectivity index (χ0n) is 13.6. The zero-order valence-corrected chi connectivity index (χ0v) is 13.6. The first-order valence-corrected chi connectivity index (χ1v) is 8.19. The van der Waals surface area contributed by atoms with Crippen molar-refractivity contribution in [2.24, 2.45) is 0 Å². The van der Waals surface area contributed by atoms with Crippen molar-refractivity contribution in [2.45, 2.75) is 0 Å². The van der Waals surface area contributed by atoms with E-state index in [1.54, 1.807) is 0 Å². The Bertz CT molecular complexity index is 918. The summed E-state index contributed by atoms with van der Waals surface area (Å²) in [6, 6.07) is 31.3. The molecule has 2 heteroatoms. The average Bonchev–Trinajstić information content (AvgIpc) is 2.70. The topological polar surface area (TPSA) is 31.5 Å². The summed E-state index contributed by atoms with van der Waals surface area (Å²) in [6.45, 7) is 0. The standard InChI is InChI=1S/C23H16O2/c24-22-20(17-10-4-1-5-11-17)16-21(18-12-6-2-7-13-18)25-23(22)19-14-8-3-9-15-19/h1-16H/p+1. The molecule has 1 heterocycles. The van der Waals surface area contributed by atoms with Gasteiger partial charge in [0.2, 0.25) is 5.75 Å². The fraction of sp³-hybridized carbons (Fsp3) is 0. The van der Waals surface area contributed by atoms with Crippen molar-refractivity contribution in [3.8, 4) is 39.5 Å². The number of benzene rings is 3. The van der Waals surface area contributed by atoms with E-state index in [0.29, 0.717) is 5.76 Å². The lowest BCUT2D eigenvalue weighted by molar-refractivity contribution is 0.449. The minimum atomic E-state index is 0.150. The van der Waals surface area contributed by atoms with Crippen LogP contribution in [0.4, 0.5) is 0 Å². The molecule has 0 bridgehead atoms. The quantitative estimate of drug-likeness (QED) is 0.450. The molecule has 0 aliphatic heterocycles. The highest BCUT2D eigenvalue weighted by Gasteiger charge is 2.27. The first-order valence-electron chi connectivity index (χ1n) is 8.19. The van der Waals surface area contributed by atoms with E-state index in [1.165, 1.54) is 0 Å². The molecule has 0 spiro atoms. The third-order valence-corrected chi connectivity index (χ3v) is 4.14. The molecule has 0 saturated heterocycles. The smallest absolute Gasteiger partial charge is 0.402 e. The average molecular weight is 325 g/mol. The van der Waals surface area contributed by atoms with Crippen molar-refractivity contribution < 1.29 is 9.52 Å². The first-order chi connectivity index (χ1) is 12.3. The van der Waals surface area contributed by atoms with Gasteiger partial charge >= 0.3 is 11.5 Å². The maximum atomic E-state index is 10.9. The van der Waals surface area contributed by atoms with Crippen LogP contribution in [0, 0.1) is 0 Å². The van der Waals surface area contributed by atoms with Crippen LogP contribution in [0.1, 0.15) is 0 Å². The highest BCUT2D eigenvalue weighted by atomic mass is 16.4. The fourth-order valence-electron chi connectivity index (χ4n) is 2.88. The summed E-state index contributed by atoms with van der Waals surface area (Å²) < 4.78 is 6.09. The lowest BCUT2D eigenvalue weighted by atomic mass is 10.0. The molecule has 0 atom stereocenters. The van der Waals surface area contributed by atoms with Crippen LogP contribution in [-0.2, 0) is 0 Å². The van der Waals surface area contributed by atoms with E-state index in [2.05, 4.69) is 0 Å². The van der Waals surface area contributed by atoms with Crippen LogP contribution in [0.2, 0.25) is 0 Å². The second-order valence-corrected chi connectivity index (χ2v) is 5.80. The van der Waals surface area contributed by atoms with Gasteiger partial charge in [-0.05, 0) is 29.8 Å². The summed E-state index contributed by atoms with van der Waals surface area (Å²) in [5.74, 6) is 1.34. The highest BCUT2D eigenvalue weighted by molar-refractivity contribution is 5.81. The van der Waals surface area contributed by atoms with Crippen LogP contribution >= 0.6 is 0 Å². The lowest BCUT2D eigenvalue weighted by Crippen LogP contribution is -1.88. The van der Waals surface area contributed by atoms with Gasteiger partial charge in [-0.1, -0.05) is 66.7 Å². The SMILES string of the molecule is Oc1c(-c2ccccc2)cc(-c2ccccc2)[o+]c1-c1ccccc1. The summed E-state index contributed by atoms with van der Waals surface area (Å²) in [4.78, 5) is 0. The summed E-state index contributed by atoms with van der Waals surface area (Å²) in [7, 11) is 0. The molecule has 0 aliphatic carbocycles. The molecule has 1 aromatic heterocycles. The van der Waals surface area contributed by atoms with Crippen molar-refractivity contribution in [1.29, 1.82) is 0 Å². The molecule has 0 fully saturated rings. The molecule has 3 aromatic carbocycles. The molecule has 0 unspecified atom stereocenters. The minimum Gasteiger partial charge on any atom is -0.500 e. The molecule has 0 saturated carbocycles. The maximum Gasteiger partial charge on any atom is 0.402 e. The second kappa shape index (κ2) is 6.62. The normalized spacial score (nSPS) is 10.6. The molecule has 4 aromatic rings. The van der Waals surface area contributed by atoms with E-state index in [-0.39, 0.29) is 5.75 Å². The summed E-state index contributed by atoms with van der Waals surface area (Å²) in [5, 5.41) is 10.9. The Morgan fingerprint density at radius 2 is 1.04 bits per heavy atom. The largest absolute Gasteiger partial charge is 0.500 e. The van der Waals surface area contributed by atoms with Crippen molar-refractivity contribution in [1.82, 2.24) is 0 Å². The Balaban J connectivity index is 1.98. The van der Waals surface area contributed by atoms with Gasteiger partial charge in [0.15, 0.2) is 0 Å². The third kappa shape index (κ3) is 3.02. The van der Waals surface area contributed by atoms with Crippen molar-refractivity contribution in [3.63, 3.8) is 0 Å². The van der Waals surface area contributed by atoms with Crippen molar-refractivity contribution >= 4 is 0 Å². The number of hydrogen-bond acceptors (Lipinski definition) is 1. The number of aromatic hydroxyl groups is 1. The Labute approximate surface area is 146 Å². The predicted octanol–water partition coefficient (Wildman–Crippen LogP) is 6.27. The molecule has 25 heavy (non-hydrogen) atoms. The van der Waals surface area contributed by atoms with Crippen LogP contribution in [0.5, 0.6) is 5.75 Å². The van der Waals surface area contributed by atoms with E-state index in [4.69, 9.17) is 4.42 Å². The summed E-state index contributed by atoms with van der Waals surface area (Å²) in [6.07, 6.45) is 0.